The summed E-state index contributed by atoms with van der Waals surface area (Å²) < 4.78 is 69.6. The number of benzene rings is 4. The van der Waals surface area contributed by atoms with Crippen LogP contribution in [0.5, 0.6) is 0 Å². The molecule has 0 saturated heterocycles. The van der Waals surface area contributed by atoms with E-state index in [9.17, 15) is 55.3 Å². The van der Waals surface area contributed by atoms with Crippen molar-refractivity contribution >= 4 is 108 Å². The van der Waals surface area contributed by atoms with E-state index in [-0.39, 0.29) is 74.6 Å². The van der Waals surface area contributed by atoms with Crippen LogP contribution >= 0.6 is 0 Å². The second kappa shape index (κ2) is 15.9. The Morgan fingerprint density at radius 3 is 1.24 bits per heavy atom. The molecule has 6 rings (SSSR count). The van der Waals surface area contributed by atoms with Crippen molar-refractivity contribution in [2.75, 3.05) is 10.9 Å². The first-order valence-electron chi connectivity index (χ1n) is 15.3. The zero-order chi connectivity index (χ0) is 38.9. The van der Waals surface area contributed by atoms with Crippen molar-refractivity contribution in [2.24, 2.45) is 10.2 Å². The fourth-order valence-electron chi connectivity index (χ4n) is 5.52. The Balaban J connectivity index is 0.00000580. The number of hydrazone groups is 2. The summed E-state index contributed by atoms with van der Waals surface area (Å²) in [7, 11) is -9.81. The number of nitrogens with zero attached hydrogens (tertiary/aromatic N) is 2. The number of ketones is 2. The molecular weight excluding hydrogens is 768 g/mol. The molecule has 0 fully saturated rings. The monoisotopic (exact) mass is 791 g/mol. The van der Waals surface area contributed by atoms with Gasteiger partial charge in [0.1, 0.15) is 20.9 Å². The molecular formula is C36H24N4NaO12S2. The van der Waals surface area contributed by atoms with E-state index in [1.165, 1.54) is 36.4 Å². The number of aliphatic carboxylic acids is 2. The molecule has 0 aliphatic heterocycles. The molecule has 1 radical (unpaired) electrons. The van der Waals surface area contributed by atoms with Gasteiger partial charge in [0.2, 0.25) is 11.6 Å². The number of anilines is 2. The van der Waals surface area contributed by atoms with Gasteiger partial charge in [-0.05, 0) is 47.5 Å². The first-order valence-corrected chi connectivity index (χ1v) is 18.2. The third-order valence-electron chi connectivity index (χ3n) is 8.04. The predicted molar refractivity (Wildman–Crippen MR) is 200 cm³/mol. The van der Waals surface area contributed by atoms with Crippen LogP contribution < -0.4 is 10.9 Å². The van der Waals surface area contributed by atoms with Gasteiger partial charge in [-0.2, -0.15) is 27.0 Å². The van der Waals surface area contributed by atoms with Crippen LogP contribution in [-0.2, 0) is 29.8 Å². The molecule has 55 heavy (non-hydrogen) atoms. The molecule has 19 heteroatoms. The Morgan fingerprint density at radius 2 is 0.909 bits per heavy atom. The first-order chi connectivity index (χ1) is 25.5. The molecule has 2 aliphatic carbocycles. The average molecular weight is 792 g/mol. The summed E-state index contributed by atoms with van der Waals surface area (Å²) in [4.78, 5) is 47.2. The summed E-state index contributed by atoms with van der Waals surface area (Å²) in [5.74, 6) is -4.36. The number of carbonyl (C=O) groups is 4. The van der Waals surface area contributed by atoms with Gasteiger partial charge in [0.05, 0.1) is 22.8 Å². The average Bonchev–Trinajstić information content (AvgIpc) is 3.13. The molecule has 0 unspecified atom stereocenters. The number of carboxylic acid groups (broad SMARTS) is 2. The minimum Gasteiger partial charge on any atom is -0.478 e. The van der Waals surface area contributed by atoms with Crippen molar-refractivity contribution in [3.8, 4) is 0 Å². The van der Waals surface area contributed by atoms with Gasteiger partial charge in [-0.3, -0.25) is 29.5 Å². The van der Waals surface area contributed by atoms with Crippen LogP contribution in [0, 0.1) is 0 Å². The summed E-state index contributed by atoms with van der Waals surface area (Å²) in [5.41, 5.74) is 4.88. The summed E-state index contributed by atoms with van der Waals surface area (Å²) >= 11 is 0. The summed E-state index contributed by atoms with van der Waals surface area (Å²) in [5, 5.41) is 27.3. The zero-order valence-corrected chi connectivity index (χ0v) is 31.8. The largest absolute Gasteiger partial charge is 0.478 e. The summed E-state index contributed by atoms with van der Waals surface area (Å²) in [6, 6.07) is 19.5. The molecule has 0 bridgehead atoms. The topological polar surface area (TPSA) is 266 Å². The van der Waals surface area contributed by atoms with E-state index in [0.29, 0.717) is 11.1 Å². The van der Waals surface area contributed by atoms with Crippen LogP contribution in [0.15, 0.2) is 128 Å². The third kappa shape index (κ3) is 8.60. The second-order valence-electron chi connectivity index (χ2n) is 11.5. The standard InChI is InChI=1S/C36H24N4O12S2.Na/c41-33-25-7-3-1-5-23(25)29(17-27(33)35(43)44)39-37-21-13-11-19(31(15-21)53(47,48)49)9-10-20-12-14-22(16-32(20)54(50,51)52)38-40-30-18-28(36(45)46)34(42)26-8-4-2-6-24(26)30;/h1-18,37-38H,(H,43,44)(H,45,46)(H,47,48,49)(H,50,51,52);. The van der Waals surface area contributed by atoms with E-state index in [2.05, 4.69) is 21.1 Å². The maximum Gasteiger partial charge on any atom is 0.339 e. The van der Waals surface area contributed by atoms with Gasteiger partial charge in [0.25, 0.3) is 20.2 Å². The number of hydrogen-bond donors (Lipinski definition) is 6. The van der Waals surface area contributed by atoms with E-state index < -0.39 is 64.7 Å². The molecule has 0 amide bonds. The summed E-state index contributed by atoms with van der Waals surface area (Å²) in [6.07, 6.45) is 4.44. The number of allylic oxidation sites excluding steroid dienone is 2. The number of Topliss-reactive ketones (excluding diaryl/α,β-unsaturated/α-hetero) is 2. The number of carbonyl (C=O) groups excluding carboxylic acids is 2. The molecule has 273 valence electrons. The van der Waals surface area contributed by atoms with Crippen molar-refractivity contribution in [3.63, 3.8) is 0 Å². The van der Waals surface area contributed by atoms with Gasteiger partial charge in [-0.25, -0.2) is 9.59 Å². The Kier molecular flexibility index (Phi) is 11.6. The Morgan fingerprint density at radius 1 is 0.564 bits per heavy atom. The fraction of sp³-hybridized carbons (Fsp3) is 0. The van der Waals surface area contributed by atoms with Crippen molar-refractivity contribution in [1.82, 2.24) is 0 Å². The van der Waals surface area contributed by atoms with E-state index in [1.807, 2.05) is 0 Å². The number of hydrogen-bond acceptors (Lipinski definition) is 12. The number of fused-ring (bicyclic) bond motifs is 2. The normalized spacial score (nSPS) is 15.5. The van der Waals surface area contributed by atoms with Crippen LogP contribution in [0.2, 0.25) is 0 Å². The molecule has 6 N–H and O–H groups in total. The van der Waals surface area contributed by atoms with Crippen molar-refractivity contribution in [2.45, 2.75) is 9.79 Å². The van der Waals surface area contributed by atoms with Gasteiger partial charge >= 0.3 is 11.9 Å². The maximum atomic E-state index is 12.6. The molecule has 16 nitrogen and oxygen atoms in total. The van der Waals surface area contributed by atoms with Crippen molar-refractivity contribution in [1.29, 1.82) is 0 Å². The zero-order valence-electron chi connectivity index (χ0n) is 28.2. The first kappa shape index (κ1) is 40.3. The molecule has 0 aromatic heterocycles. The molecule has 4 aromatic rings. The van der Waals surface area contributed by atoms with Crippen molar-refractivity contribution < 1.29 is 55.3 Å². The van der Waals surface area contributed by atoms with Crippen molar-refractivity contribution in [3.05, 3.63) is 142 Å². The number of carboxylic acids is 2. The number of rotatable bonds is 10. The minimum absolute atomic E-state index is 0. The van der Waals surface area contributed by atoms with E-state index in [4.69, 9.17) is 0 Å². The van der Waals surface area contributed by atoms with Crippen LogP contribution in [0.4, 0.5) is 11.4 Å². The summed E-state index contributed by atoms with van der Waals surface area (Å²) in [6.45, 7) is 0. The molecule has 2 aliphatic rings. The predicted octanol–water partition coefficient (Wildman–Crippen LogP) is 4.02. The van der Waals surface area contributed by atoms with Crippen LogP contribution in [0.25, 0.3) is 12.2 Å². The Labute approximate surface area is 334 Å². The second-order valence-corrected chi connectivity index (χ2v) is 14.3. The van der Waals surface area contributed by atoms with E-state index >= 15 is 0 Å². The van der Waals surface area contributed by atoms with Gasteiger partial charge < -0.3 is 10.2 Å². The Bertz CT molecular complexity index is 2530. The van der Waals surface area contributed by atoms with Crippen LogP contribution in [-0.4, -0.2) is 101 Å². The van der Waals surface area contributed by atoms with Gasteiger partial charge in [0, 0.05) is 51.8 Å². The molecule has 0 spiro atoms. The quantitative estimate of drug-likeness (QED) is 0.0436. The third-order valence-corrected chi connectivity index (χ3v) is 9.86. The van der Waals surface area contributed by atoms with Gasteiger partial charge in [-0.1, -0.05) is 72.8 Å². The van der Waals surface area contributed by atoms with E-state index in [1.54, 1.807) is 36.4 Å². The van der Waals surface area contributed by atoms with Crippen LogP contribution in [0.1, 0.15) is 43.0 Å². The molecule has 4 aromatic carbocycles. The molecule has 0 atom stereocenters. The molecule has 0 heterocycles. The minimum atomic E-state index is -4.91. The number of nitrogens with one attached hydrogen (secondary N) is 2. The smallest absolute Gasteiger partial charge is 0.339 e. The van der Waals surface area contributed by atoms with E-state index in [0.717, 1.165) is 36.4 Å². The maximum absolute atomic E-state index is 12.6. The van der Waals surface area contributed by atoms with Gasteiger partial charge in [0.15, 0.2) is 0 Å². The Hall–Kier alpha value is -5.86. The fourth-order valence-corrected chi connectivity index (χ4v) is 6.94. The SMILES string of the molecule is O=C(O)C1=CC(=NNc2ccc(C=Cc3ccc(NN=C4C=C(C(=O)O)C(=O)c5ccccc54)cc3S(=O)(=O)O)c(S(=O)(=O)O)c2)c2ccccc2C1=O.[Na]. The molecule has 0 saturated carbocycles. The van der Waals surface area contributed by atoms with Gasteiger partial charge in [-0.15, -0.1) is 0 Å². The van der Waals surface area contributed by atoms with Crippen LogP contribution in [0.3, 0.4) is 0 Å².